The van der Waals surface area contributed by atoms with E-state index in [1.165, 1.54) is 11.3 Å². The maximum absolute atomic E-state index is 12.5. The molecule has 0 saturated carbocycles. The van der Waals surface area contributed by atoms with Crippen LogP contribution in [0.5, 0.6) is 11.5 Å². The minimum atomic E-state index is -0.203. The van der Waals surface area contributed by atoms with Crippen molar-refractivity contribution >= 4 is 38.9 Å². The Kier molecular flexibility index (Phi) is 4.92. The summed E-state index contributed by atoms with van der Waals surface area (Å²) in [6.45, 7) is 0.372. The number of halogens is 1. The van der Waals surface area contributed by atoms with E-state index in [1.54, 1.807) is 14.2 Å². The van der Waals surface area contributed by atoms with Gasteiger partial charge >= 0.3 is 0 Å². The van der Waals surface area contributed by atoms with Crippen LogP contribution >= 0.6 is 22.9 Å². The smallest absolute Gasteiger partial charge is 0.263 e. The molecule has 0 spiro atoms. The zero-order valence-corrected chi connectivity index (χ0v) is 14.8. The van der Waals surface area contributed by atoms with Crippen LogP contribution in [0.2, 0.25) is 5.02 Å². The first-order valence-corrected chi connectivity index (χ1v) is 8.49. The van der Waals surface area contributed by atoms with Gasteiger partial charge in [-0.2, -0.15) is 0 Å². The van der Waals surface area contributed by atoms with Gasteiger partial charge in [0, 0.05) is 22.2 Å². The van der Waals surface area contributed by atoms with Crippen LogP contribution in [0.1, 0.15) is 15.2 Å². The number of ether oxygens (including phenoxy) is 2. The molecule has 0 aliphatic heterocycles. The highest BCUT2D eigenvalue weighted by atomic mass is 35.5. The van der Waals surface area contributed by atoms with Crippen molar-refractivity contribution in [1.29, 1.82) is 0 Å². The lowest BCUT2D eigenvalue weighted by Gasteiger charge is -2.09. The first-order valence-electron chi connectivity index (χ1n) is 7.30. The Bertz CT molecular complexity index is 891. The molecular weight excluding hydrogens is 346 g/mol. The lowest BCUT2D eigenvalue weighted by Crippen LogP contribution is -2.22. The molecular formula is C18H16ClNO3S. The monoisotopic (exact) mass is 361 g/mol. The molecule has 0 unspecified atom stereocenters. The molecule has 24 heavy (non-hydrogen) atoms. The topological polar surface area (TPSA) is 47.6 Å². The maximum Gasteiger partial charge on any atom is 0.263 e. The second-order valence-corrected chi connectivity index (χ2v) is 6.53. The minimum Gasteiger partial charge on any atom is -0.497 e. The highest BCUT2D eigenvalue weighted by molar-refractivity contribution is 7.21. The van der Waals surface area contributed by atoms with Gasteiger partial charge in [-0.25, -0.2) is 0 Å². The SMILES string of the molecule is COc1ccc2sc(C(=O)NCc3ccccc3OC)c(Cl)c2c1. The van der Waals surface area contributed by atoms with Gasteiger partial charge in [0.1, 0.15) is 16.4 Å². The van der Waals surface area contributed by atoms with E-state index in [0.717, 1.165) is 21.4 Å². The van der Waals surface area contributed by atoms with Crippen molar-refractivity contribution in [3.8, 4) is 11.5 Å². The zero-order valence-electron chi connectivity index (χ0n) is 13.3. The summed E-state index contributed by atoms with van der Waals surface area (Å²) >= 11 is 7.76. The third-order valence-electron chi connectivity index (χ3n) is 3.67. The fraction of sp³-hybridized carbons (Fsp3) is 0.167. The average Bonchev–Trinajstić information content (AvgIpc) is 2.96. The molecule has 1 N–H and O–H groups in total. The second kappa shape index (κ2) is 7.11. The normalized spacial score (nSPS) is 10.6. The van der Waals surface area contributed by atoms with Crippen LogP contribution in [0.15, 0.2) is 42.5 Å². The number of hydrogen-bond acceptors (Lipinski definition) is 4. The Labute approximate surface area is 149 Å². The summed E-state index contributed by atoms with van der Waals surface area (Å²) < 4.78 is 11.4. The molecule has 1 aromatic heterocycles. The van der Waals surface area contributed by atoms with Crippen molar-refractivity contribution in [3.63, 3.8) is 0 Å². The van der Waals surface area contributed by atoms with Gasteiger partial charge < -0.3 is 14.8 Å². The predicted molar refractivity (Wildman–Crippen MR) is 97.6 cm³/mol. The van der Waals surface area contributed by atoms with E-state index in [2.05, 4.69) is 5.32 Å². The number of nitrogens with one attached hydrogen (secondary N) is 1. The number of thiophene rings is 1. The Morgan fingerprint density at radius 1 is 1.17 bits per heavy atom. The predicted octanol–water partition coefficient (Wildman–Crippen LogP) is 4.50. The van der Waals surface area contributed by atoms with Crippen molar-refractivity contribution in [1.82, 2.24) is 5.32 Å². The lowest BCUT2D eigenvalue weighted by atomic mass is 10.2. The molecule has 2 aromatic carbocycles. The minimum absolute atomic E-state index is 0.203. The molecule has 0 bridgehead atoms. The Balaban J connectivity index is 1.82. The maximum atomic E-state index is 12.5. The van der Waals surface area contributed by atoms with Crippen molar-refractivity contribution in [2.45, 2.75) is 6.54 Å². The largest absolute Gasteiger partial charge is 0.497 e. The molecule has 0 saturated heterocycles. The van der Waals surface area contributed by atoms with Crippen molar-refractivity contribution in [2.24, 2.45) is 0 Å². The number of benzene rings is 2. The van der Waals surface area contributed by atoms with Gasteiger partial charge in [0.05, 0.1) is 19.2 Å². The van der Waals surface area contributed by atoms with E-state index in [4.69, 9.17) is 21.1 Å². The van der Waals surface area contributed by atoms with Crippen LogP contribution in [0.25, 0.3) is 10.1 Å². The average molecular weight is 362 g/mol. The van der Waals surface area contributed by atoms with Gasteiger partial charge in [-0.3, -0.25) is 4.79 Å². The summed E-state index contributed by atoms with van der Waals surface area (Å²) in [7, 11) is 3.21. The van der Waals surface area contributed by atoms with Crippen LogP contribution in [-0.2, 0) is 6.54 Å². The summed E-state index contributed by atoms with van der Waals surface area (Å²) in [5, 5.41) is 4.17. The van der Waals surface area contributed by atoms with Crippen LogP contribution in [-0.4, -0.2) is 20.1 Å². The summed E-state index contributed by atoms with van der Waals surface area (Å²) in [6.07, 6.45) is 0. The number of fused-ring (bicyclic) bond motifs is 1. The molecule has 124 valence electrons. The van der Waals surface area contributed by atoms with Gasteiger partial charge in [0.25, 0.3) is 5.91 Å². The van der Waals surface area contributed by atoms with Crippen LogP contribution in [0, 0.1) is 0 Å². The lowest BCUT2D eigenvalue weighted by molar-refractivity contribution is 0.0955. The number of methoxy groups -OCH3 is 2. The van der Waals surface area contributed by atoms with Gasteiger partial charge in [0.2, 0.25) is 0 Å². The highest BCUT2D eigenvalue weighted by Gasteiger charge is 2.17. The molecule has 0 fully saturated rings. The van der Waals surface area contributed by atoms with Gasteiger partial charge in [-0.1, -0.05) is 29.8 Å². The number of amides is 1. The molecule has 3 aromatic rings. The Hall–Kier alpha value is -2.24. The van der Waals surface area contributed by atoms with E-state index in [-0.39, 0.29) is 5.91 Å². The van der Waals surface area contributed by atoms with Crippen molar-refractivity contribution < 1.29 is 14.3 Å². The first kappa shape index (κ1) is 16.6. The van der Waals surface area contributed by atoms with Gasteiger partial charge in [-0.15, -0.1) is 11.3 Å². The van der Waals surface area contributed by atoms with Crippen molar-refractivity contribution in [3.05, 3.63) is 57.9 Å². The van der Waals surface area contributed by atoms with Crippen LogP contribution in [0.4, 0.5) is 0 Å². The number of hydrogen-bond donors (Lipinski definition) is 1. The van der Waals surface area contributed by atoms with E-state index in [9.17, 15) is 4.79 Å². The quantitative estimate of drug-likeness (QED) is 0.727. The number of carbonyl (C=O) groups is 1. The highest BCUT2D eigenvalue weighted by Crippen LogP contribution is 2.37. The molecule has 0 aliphatic carbocycles. The van der Waals surface area contributed by atoms with Crippen molar-refractivity contribution in [2.75, 3.05) is 14.2 Å². The summed E-state index contributed by atoms with van der Waals surface area (Å²) in [5.74, 6) is 1.25. The number of carbonyl (C=O) groups excluding carboxylic acids is 1. The first-order chi connectivity index (χ1) is 11.6. The van der Waals surface area contributed by atoms with Gasteiger partial charge in [-0.05, 0) is 24.3 Å². The molecule has 0 radical (unpaired) electrons. The number of para-hydroxylation sites is 1. The second-order valence-electron chi connectivity index (χ2n) is 5.10. The Morgan fingerprint density at radius 3 is 2.71 bits per heavy atom. The number of rotatable bonds is 5. The zero-order chi connectivity index (χ0) is 17.1. The molecule has 0 aliphatic rings. The molecule has 1 amide bonds. The molecule has 3 rings (SSSR count). The molecule has 1 heterocycles. The summed E-state index contributed by atoms with van der Waals surface area (Å²) in [6, 6.07) is 13.2. The Morgan fingerprint density at radius 2 is 1.96 bits per heavy atom. The third kappa shape index (κ3) is 3.18. The van der Waals surface area contributed by atoms with E-state index >= 15 is 0 Å². The standard InChI is InChI=1S/C18H16ClNO3S/c1-22-12-7-8-15-13(9-12)16(19)17(24-15)18(21)20-10-11-5-3-4-6-14(11)23-2/h3-9H,10H2,1-2H3,(H,20,21). The van der Waals surface area contributed by atoms with E-state index < -0.39 is 0 Å². The third-order valence-corrected chi connectivity index (χ3v) is 5.35. The summed E-state index contributed by atoms with van der Waals surface area (Å²) in [4.78, 5) is 13.0. The fourth-order valence-electron chi connectivity index (χ4n) is 2.42. The van der Waals surface area contributed by atoms with Crippen LogP contribution in [0.3, 0.4) is 0 Å². The summed E-state index contributed by atoms with van der Waals surface area (Å²) in [5.41, 5.74) is 0.909. The molecule has 6 heteroatoms. The van der Waals surface area contributed by atoms with E-state index in [0.29, 0.717) is 22.2 Å². The van der Waals surface area contributed by atoms with E-state index in [1.807, 2.05) is 42.5 Å². The fourth-order valence-corrected chi connectivity index (χ4v) is 3.83. The molecule has 0 atom stereocenters. The molecule has 4 nitrogen and oxygen atoms in total. The van der Waals surface area contributed by atoms with Gasteiger partial charge in [0.15, 0.2) is 0 Å². The van der Waals surface area contributed by atoms with Crippen LogP contribution < -0.4 is 14.8 Å².